The average Bonchev–Trinajstić information content (AvgIpc) is 2.41. The number of halogens is 1. The predicted molar refractivity (Wildman–Crippen MR) is 88.6 cm³/mol. The minimum absolute atomic E-state index is 0.0187. The Morgan fingerprint density at radius 1 is 1.35 bits per heavy atom. The van der Waals surface area contributed by atoms with Crippen LogP contribution in [0, 0.1) is 0 Å². The standard InChI is InChI=1S/C16H18ClN3O3/c1-16(2,3)23-14(22)11-6-4-5-10(7-11)9-20-13(21)8-12(17)19-15(20)18/h4-8H,9H2,1-3H3,(H2,18,19). The second-order valence-electron chi connectivity index (χ2n) is 6.06. The Balaban J connectivity index is 2.28. The monoisotopic (exact) mass is 335 g/mol. The number of nitrogens with zero attached hydrogens (tertiary/aromatic N) is 2. The lowest BCUT2D eigenvalue weighted by molar-refractivity contribution is 0.00694. The van der Waals surface area contributed by atoms with Crippen LogP contribution in [0.1, 0.15) is 36.7 Å². The number of ether oxygens (including phenoxy) is 1. The number of esters is 1. The Hall–Kier alpha value is -2.34. The molecule has 0 amide bonds. The molecule has 2 rings (SSSR count). The van der Waals surface area contributed by atoms with Crippen LogP contribution in [0.25, 0.3) is 0 Å². The first kappa shape index (κ1) is 17.0. The van der Waals surface area contributed by atoms with Crippen molar-refractivity contribution < 1.29 is 9.53 Å². The first-order chi connectivity index (χ1) is 10.7. The Morgan fingerprint density at radius 2 is 2.04 bits per heavy atom. The van der Waals surface area contributed by atoms with Crippen LogP contribution in [0.15, 0.2) is 35.1 Å². The molecule has 23 heavy (non-hydrogen) atoms. The minimum Gasteiger partial charge on any atom is -0.456 e. The zero-order valence-corrected chi connectivity index (χ0v) is 13.9. The Bertz CT molecular complexity index is 794. The number of hydrogen-bond donors (Lipinski definition) is 1. The molecule has 0 aliphatic carbocycles. The summed E-state index contributed by atoms with van der Waals surface area (Å²) < 4.78 is 6.61. The van der Waals surface area contributed by atoms with Crippen molar-refractivity contribution in [3.05, 3.63) is 57.0 Å². The van der Waals surface area contributed by atoms with Gasteiger partial charge in [0.25, 0.3) is 5.56 Å². The highest BCUT2D eigenvalue weighted by Gasteiger charge is 2.18. The molecule has 1 heterocycles. The van der Waals surface area contributed by atoms with Gasteiger partial charge in [-0.2, -0.15) is 0 Å². The van der Waals surface area contributed by atoms with Crippen molar-refractivity contribution >= 4 is 23.5 Å². The maximum absolute atomic E-state index is 12.1. The van der Waals surface area contributed by atoms with Gasteiger partial charge in [-0.15, -0.1) is 0 Å². The van der Waals surface area contributed by atoms with Gasteiger partial charge in [0, 0.05) is 6.07 Å². The lowest BCUT2D eigenvalue weighted by Crippen LogP contribution is -2.25. The SMILES string of the molecule is CC(C)(C)OC(=O)c1cccc(Cn2c(N)nc(Cl)cc2=O)c1. The van der Waals surface area contributed by atoms with Crippen molar-refractivity contribution in [1.29, 1.82) is 0 Å². The lowest BCUT2D eigenvalue weighted by Gasteiger charge is -2.19. The summed E-state index contributed by atoms with van der Waals surface area (Å²) in [5, 5.41) is 0.0475. The van der Waals surface area contributed by atoms with E-state index in [1.165, 1.54) is 10.6 Å². The molecule has 1 aromatic heterocycles. The van der Waals surface area contributed by atoms with Crippen molar-refractivity contribution in [3.63, 3.8) is 0 Å². The molecule has 0 aliphatic rings. The first-order valence-corrected chi connectivity index (χ1v) is 7.39. The molecule has 1 aromatic carbocycles. The lowest BCUT2D eigenvalue weighted by atomic mass is 10.1. The normalized spacial score (nSPS) is 11.3. The predicted octanol–water partition coefficient (Wildman–Crippen LogP) is 2.48. The van der Waals surface area contributed by atoms with Gasteiger partial charge in [-0.05, 0) is 38.5 Å². The fourth-order valence-corrected chi connectivity index (χ4v) is 2.15. The molecule has 0 bridgehead atoms. The summed E-state index contributed by atoms with van der Waals surface area (Å²) in [4.78, 5) is 27.9. The average molecular weight is 336 g/mol. The fourth-order valence-electron chi connectivity index (χ4n) is 1.97. The second-order valence-corrected chi connectivity index (χ2v) is 6.45. The van der Waals surface area contributed by atoms with E-state index in [2.05, 4.69) is 4.98 Å². The number of nitrogens with two attached hydrogens (primary N) is 1. The van der Waals surface area contributed by atoms with Gasteiger partial charge in [-0.25, -0.2) is 9.78 Å². The summed E-state index contributed by atoms with van der Waals surface area (Å²) in [6, 6.07) is 8.02. The molecule has 0 fully saturated rings. The molecule has 6 nitrogen and oxygen atoms in total. The third kappa shape index (κ3) is 4.56. The molecule has 0 spiro atoms. The summed E-state index contributed by atoms with van der Waals surface area (Å²) in [5.41, 5.74) is 5.93. The smallest absolute Gasteiger partial charge is 0.338 e. The zero-order chi connectivity index (χ0) is 17.2. The third-order valence-electron chi connectivity index (χ3n) is 2.91. The van der Waals surface area contributed by atoms with Gasteiger partial charge in [-0.3, -0.25) is 9.36 Å². The van der Waals surface area contributed by atoms with Gasteiger partial charge >= 0.3 is 5.97 Å². The van der Waals surface area contributed by atoms with Gasteiger partial charge in [0.05, 0.1) is 12.1 Å². The van der Waals surface area contributed by atoms with E-state index in [4.69, 9.17) is 22.1 Å². The van der Waals surface area contributed by atoms with E-state index in [1.807, 2.05) is 0 Å². The molecule has 0 radical (unpaired) electrons. The van der Waals surface area contributed by atoms with Crippen molar-refractivity contribution in [3.8, 4) is 0 Å². The molecule has 0 unspecified atom stereocenters. The van der Waals surface area contributed by atoms with Crippen LogP contribution < -0.4 is 11.3 Å². The Labute approximate surface area is 138 Å². The van der Waals surface area contributed by atoms with Gasteiger partial charge in [-0.1, -0.05) is 23.7 Å². The van der Waals surface area contributed by atoms with E-state index in [-0.39, 0.29) is 23.2 Å². The van der Waals surface area contributed by atoms with E-state index in [0.29, 0.717) is 5.56 Å². The summed E-state index contributed by atoms with van der Waals surface area (Å²) in [5.74, 6) is -0.404. The van der Waals surface area contributed by atoms with Gasteiger partial charge in [0.15, 0.2) is 0 Å². The number of aromatic nitrogens is 2. The van der Waals surface area contributed by atoms with Crippen molar-refractivity contribution in [1.82, 2.24) is 9.55 Å². The number of anilines is 1. The van der Waals surface area contributed by atoms with Crippen LogP contribution in [0.3, 0.4) is 0 Å². The van der Waals surface area contributed by atoms with Crippen LogP contribution in [0.2, 0.25) is 5.15 Å². The largest absolute Gasteiger partial charge is 0.456 e. The van der Waals surface area contributed by atoms with Gasteiger partial charge in [0.2, 0.25) is 5.95 Å². The molecular formula is C16H18ClN3O3. The van der Waals surface area contributed by atoms with Crippen molar-refractivity contribution in [2.75, 3.05) is 5.73 Å². The number of nitrogen functional groups attached to an aromatic ring is 1. The van der Waals surface area contributed by atoms with Crippen LogP contribution >= 0.6 is 11.6 Å². The number of carbonyl (C=O) groups excluding carboxylic acids is 1. The third-order valence-corrected chi connectivity index (χ3v) is 3.10. The molecule has 0 saturated carbocycles. The molecular weight excluding hydrogens is 318 g/mol. The topological polar surface area (TPSA) is 87.2 Å². The van der Waals surface area contributed by atoms with Crippen LogP contribution in [-0.4, -0.2) is 21.1 Å². The summed E-state index contributed by atoms with van der Waals surface area (Å²) in [7, 11) is 0. The van der Waals surface area contributed by atoms with E-state index >= 15 is 0 Å². The summed E-state index contributed by atoms with van der Waals surface area (Å²) >= 11 is 5.69. The van der Waals surface area contributed by atoms with Crippen LogP contribution in [0.5, 0.6) is 0 Å². The zero-order valence-electron chi connectivity index (χ0n) is 13.2. The van der Waals surface area contributed by atoms with E-state index in [1.54, 1.807) is 45.0 Å². The second kappa shape index (κ2) is 6.42. The summed E-state index contributed by atoms with van der Waals surface area (Å²) in [6.07, 6.45) is 0. The highest BCUT2D eigenvalue weighted by Crippen LogP contribution is 2.14. The molecule has 2 N–H and O–H groups in total. The quantitative estimate of drug-likeness (QED) is 0.687. The highest BCUT2D eigenvalue weighted by atomic mass is 35.5. The number of rotatable bonds is 3. The molecule has 2 aromatic rings. The van der Waals surface area contributed by atoms with Crippen LogP contribution in [-0.2, 0) is 11.3 Å². The maximum atomic E-state index is 12.1. The first-order valence-electron chi connectivity index (χ1n) is 7.01. The minimum atomic E-state index is -0.575. The molecule has 122 valence electrons. The summed E-state index contributed by atoms with van der Waals surface area (Å²) in [6.45, 7) is 5.59. The highest BCUT2D eigenvalue weighted by molar-refractivity contribution is 6.29. The molecule has 0 atom stereocenters. The van der Waals surface area contributed by atoms with E-state index in [0.717, 1.165) is 5.56 Å². The fraction of sp³-hybridized carbons (Fsp3) is 0.312. The van der Waals surface area contributed by atoms with Gasteiger partial charge in [0.1, 0.15) is 10.8 Å². The number of benzene rings is 1. The van der Waals surface area contributed by atoms with Crippen molar-refractivity contribution in [2.45, 2.75) is 32.9 Å². The van der Waals surface area contributed by atoms with E-state index in [9.17, 15) is 9.59 Å². The Kier molecular flexibility index (Phi) is 4.75. The molecule has 7 heteroatoms. The van der Waals surface area contributed by atoms with Crippen molar-refractivity contribution in [2.24, 2.45) is 0 Å². The molecule has 0 saturated heterocycles. The van der Waals surface area contributed by atoms with Gasteiger partial charge < -0.3 is 10.5 Å². The van der Waals surface area contributed by atoms with E-state index < -0.39 is 11.6 Å². The number of carbonyl (C=O) groups is 1. The maximum Gasteiger partial charge on any atom is 0.338 e. The number of hydrogen-bond acceptors (Lipinski definition) is 5. The Morgan fingerprint density at radius 3 is 2.65 bits per heavy atom. The molecule has 0 aliphatic heterocycles. The van der Waals surface area contributed by atoms with Crippen LogP contribution in [0.4, 0.5) is 5.95 Å².